The molecule has 0 saturated carbocycles. The van der Waals surface area contributed by atoms with E-state index in [-0.39, 0.29) is 12.0 Å². The maximum Gasteiger partial charge on any atom is 0.321 e. The van der Waals surface area contributed by atoms with E-state index in [1.807, 2.05) is 14.0 Å². The molecule has 0 aliphatic rings. The molecular formula is C9H12N6O. The Bertz CT molecular complexity index is 494. The van der Waals surface area contributed by atoms with E-state index in [9.17, 15) is 0 Å². The van der Waals surface area contributed by atoms with Crippen molar-refractivity contribution in [2.45, 2.75) is 6.92 Å². The lowest BCUT2D eigenvalue weighted by molar-refractivity contribution is 0.312. The third kappa shape index (κ3) is 2.08. The van der Waals surface area contributed by atoms with Crippen molar-refractivity contribution in [3.63, 3.8) is 0 Å². The normalized spacial score (nSPS) is 10.4. The molecule has 2 aromatic rings. The molecule has 0 amide bonds. The molecule has 84 valence electrons. The lowest BCUT2D eigenvalue weighted by Crippen LogP contribution is -2.05. The van der Waals surface area contributed by atoms with Crippen LogP contribution in [0, 0.1) is 0 Å². The van der Waals surface area contributed by atoms with Gasteiger partial charge < -0.3 is 10.5 Å². The summed E-state index contributed by atoms with van der Waals surface area (Å²) in [6.45, 7) is 2.32. The monoisotopic (exact) mass is 220 g/mol. The first-order valence-electron chi connectivity index (χ1n) is 4.83. The smallest absolute Gasteiger partial charge is 0.321 e. The molecule has 0 fully saturated rings. The van der Waals surface area contributed by atoms with Crippen LogP contribution in [0.5, 0.6) is 6.01 Å². The molecule has 16 heavy (non-hydrogen) atoms. The van der Waals surface area contributed by atoms with Gasteiger partial charge in [0.15, 0.2) is 5.82 Å². The van der Waals surface area contributed by atoms with Crippen molar-refractivity contribution >= 4 is 5.95 Å². The zero-order valence-electron chi connectivity index (χ0n) is 9.08. The van der Waals surface area contributed by atoms with Crippen LogP contribution in [0.4, 0.5) is 5.95 Å². The van der Waals surface area contributed by atoms with Gasteiger partial charge in [-0.2, -0.15) is 20.1 Å². The molecule has 0 aliphatic carbocycles. The molecule has 2 heterocycles. The lowest BCUT2D eigenvalue weighted by Gasteiger charge is -2.02. The maximum absolute atomic E-state index is 5.56. The number of nitrogens with two attached hydrogens (primary N) is 1. The summed E-state index contributed by atoms with van der Waals surface area (Å²) >= 11 is 0. The highest BCUT2D eigenvalue weighted by molar-refractivity contribution is 5.49. The number of aromatic nitrogens is 5. The molecule has 0 bridgehead atoms. The summed E-state index contributed by atoms with van der Waals surface area (Å²) in [4.78, 5) is 12.0. The van der Waals surface area contributed by atoms with Crippen LogP contribution >= 0.6 is 0 Å². The molecule has 7 nitrogen and oxygen atoms in total. The summed E-state index contributed by atoms with van der Waals surface area (Å²) in [5.41, 5.74) is 6.19. The topological polar surface area (TPSA) is 91.7 Å². The van der Waals surface area contributed by atoms with Crippen LogP contribution in [0.1, 0.15) is 6.92 Å². The van der Waals surface area contributed by atoms with Crippen LogP contribution < -0.4 is 10.5 Å². The number of rotatable bonds is 3. The minimum absolute atomic E-state index is 0.124. The molecular weight excluding hydrogens is 208 g/mol. The Morgan fingerprint density at radius 3 is 2.81 bits per heavy atom. The summed E-state index contributed by atoms with van der Waals surface area (Å²) in [7, 11) is 1.82. The van der Waals surface area contributed by atoms with Gasteiger partial charge in [-0.15, -0.1) is 0 Å². The van der Waals surface area contributed by atoms with Crippen molar-refractivity contribution in [1.29, 1.82) is 0 Å². The number of hydrogen-bond donors (Lipinski definition) is 1. The molecule has 2 rings (SSSR count). The second-order valence-electron chi connectivity index (χ2n) is 3.11. The molecule has 0 aliphatic heterocycles. The van der Waals surface area contributed by atoms with Crippen LogP contribution in [0.3, 0.4) is 0 Å². The average molecular weight is 220 g/mol. The lowest BCUT2D eigenvalue weighted by atomic mass is 10.4. The third-order valence-corrected chi connectivity index (χ3v) is 1.85. The van der Waals surface area contributed by atoms with Gasteiger partial charge in [0.25, 0.3) is 0 Å². The van der Waals surface area contributed by atoms with Crippen LogP contribution in [0.15, 0.2) is 12.3 Å². The Kier molecular flexibility index (Phi) is 2.67. The highest BCUT2D eigenvalue weighted by Gasteiger charge is 2.09. The van der Waals surface area contributed by atoms with Crippen molar-refractivity contribution < 1.29 is 4.74 Å². The Balaban J connectivity index is 2.40. The van der Waals surface area contributed by atoms with E-state index in [0.717, 1.165) is 0 Å². The van der Waals surface area contributed by atoms with E-state index in [4.69, 9.17) is 10.5 Å². The first-order valence-corrected chi connectivity index (χ1v) is 4.83. The summed E-state index contributed by atoms with van der Waals surface area (Å²) in [5.74, 6) is 0.538. The first-order chi connectivity index (χ1) is 7.69. The van der Waals surface area contributed by atoms with Gasteiger partial charge >= 0.3 is 6.01 Å². The number of hydrogen-bond acceptors (Lipinski definition) is 6. The van der Waals surface area contributed by atoms with E-state index < -0.39 is 0 Å². The predicted octanol–water partition coefficient (Wildman–Crippen LogP) is 0.253. The molecule has 0 atom stereocenters. The molecule has 2 N–H and O–H groups in total. The van der Waals surface area contributed by atoms with Crippen molar-refractivity contribution in [3.8, 4) is 17.5 Å². The van der Waals surface area contributed by atoms with E-state index in [1.165, 1.54) is 0 Å². The van der Waals surface area contributed by atoms with Gasteiger partial charge in [0.2, 0.25) is 5.95 Å². The Hall–Kier alpha value is -2.18. The van der Waals surface area contributed by atoms with Crippen LogP contribution in [0.2, 0.25) is 0 Å². The second kappa shape index (κ2) is 4.13. The zero-order chi connectivity index (χ0) is 11.5. The standard InChI is InChI=1S/C9H12N6O/c1-3-16-9-12-7(11-8(10)13-9)6-4-5-15(2)14-6/h4-5H,3H2,1-2H3,(H2,10,11,12,13). The van der Waals surface area contributed by atoms with E-state index in [2.05, 4.69) is 20.1 Å². The summed E-state index contributed by atoms with van der Waals surface area (Å²) < 4.78 is 6.84. The van der Waals surface area contributed by atoms with Crippen molar-refractivity contribution in [2.24, 2.45) is 7.05 Å². The molecule has 0 spiro atoms. The minimum Gasteiger partial charge on any atom is -0.464 e. The largest absolute Gasteiger partial charge is 0.464 e. The van der Waals surface area contributed by atoms with Gasteiger partial charge in [-0.05, 0) is 13.0 Å². The van der Waals surface area contributed by atoms with Crippen LogP contribution in [-0.2, 0) is 7.05 Å². The van der Waals surface area contributed by atoms with E-state index in [1.54, 1.807) is 16.9 Å². The number of aryl methyl sites for hydroxylation is 1. The first kappa shape index (κ1) is 10.3. The fraction of sp³-hybridized carbons (Fsp3) is 0.333. The predicted molar refractivity (Wildman–Crippen MR) is 57.6 cm³/mol. The average Bonchev–Trinajstić information content (AvgIpc) is 2.64. The fourth-order valence-electron chi connectivity index (χ4n) is 1.21. The molecule has 0 radical (unpaired) electrons. The Labute approximate surface area is 92.3 Å². The Morgan fingerprint density at radius 2 is 2.19 bits per heavy atom. The maximum atomic E-state index is 5.56. The van der Waals surface area contributed by atoms with Crippen molar-refractivity contribution in [3.05, 3.63) is 12.3 Å². The third-order valence-electron chi connectivity index (χ3n) is 1.85. The molecule has 0 aromatic carbocycles. The summed E-state index contributed by atoms with van der Waals surface area (Å²) in [5, 5.41) is 4.18. The highest BCUT2D eigenvalue weighted by Crippen LogP contribution is 2.15. The summed E-state index contributed by atoms with van der Waals surface area (Å²) in [6, 6.07) is 2.01. The number of ether oxygens (including phenoxy) is 1. The van der Waals surface area contributed by atoms with Gasteiger partial charge in [0.1, 0.15) is 5.69 Å². The minimum atomic E-state index is 0.124. The SMILES string of the molecule is CCOc1nc(N)nc(-c2ccn(C)n2)n1. The van der Waals surface area contributed by atoms with Crippen LogP contribution in [-0.4, -0.2) is 31.3 Å². The van der Waals surface area contributed by atoms with Gasteiger partial charge in [0, 0.05) is 13.2 Å². The quantitative estimate of drug-likeness (QED) is 0.797. The van der Waals surface area contributed by atoms with Gasteiger partial charge in [-0.3, -0.25) is 4.68 Å². The fourth-order valence-corrected chi connectivity index (χ4v) is 1.21. The van der Waals surface area contributed by atoms with Gasteiger partial charge in [0.05, 0.1) is 6.61 Å². The molecule has 2 aromatic heterocycles. The van der Waals surface area contributed by atoms with Crippen molar-refractivity contribution in [2.75, 3.05) is 12.3 Å². The number of nitrogens with zero attached hydrogens (tertiary/aromatic N) is 5. The Morgan fingerprint density at radius 1 is 1.38 bits per heavy atom. The van der Waals surface area contributed by atoms with Gasteiger partial charge in [-0.25, -0.2) is 0 Å². The van der Waals surface area contributed by atoms with Crippen LogP contribution in [0.25, 0.3) is 11.5 Å². The molecule has 0 unspecified atom stereocenters. The molecule has 7 heteroatoms. The van der Waals surface area contributed by atoms with Crippen molar-refractivity contribution in [1.82, 2.24) is 24.7 Å². The number of nitrogen functional groups attached to an aromatic ring is 1. The summed E-state index contributed by atoms with van der Waals surface area (Å²) in [6.07, 6.45) is 1.80. The number of anilines is 1. The highest BCUT2D eigenvalue weighted by atomic mass is 16.5. The second-order valence-corrected chi connectivity index (χ2v) is 3.11. The van der Waals surface area contributed by atoms with E-state index >= 15 is 0 Å². The molecule has 0 saturated heterocycles. The zero-order valence-corrected chi connectivity index (χ0v) is 9.08. The van der Waals surface area contributed by atoms with E-state index in [0.29, 0.717) is 18.1 Å². The van der Waals surface area contributed by atoms with Gasteiger partial charge in [-0.1, -0.05) is 0 Å².